The Hall–Kier alpha value is -2.96. The standard InChI is InChI=1S/C20H23N5O2/c1-20(6-7-20)27-15-5-3-4-14(10-15)19(21)16-11-17(23-13-22-16)25-9-8-24(2)18(26)12-25/h3-5,10-11,13,21H,6-9,12H2,1-2H3. The predicted molar refractivity (Wildman–Crippen MR) is 103 cm³/mol. The third-order valence-electron chi connectivity index (χ3n) is 5.13. The molecule has 1 aliphatic carbocycles. The molecular formula is C20H23N5O2. The van der Waals surface area contributed by atoms with Gasteiger partial charge in [-0.25, -0.2) is 9.97 Å². The largest absolute Gasteiger partial charge is 0.488 e. The van der Waals surface area contributed by atoms with Gasteiger partial charge in [0.15, 0.2) is 0 Å². The van der Waals surface area contributed by atoms with E-state index in [0.29, 0.717) is 36.9 Å². The number of anilines is 1. The SMILES string of the molecule is CN1CCN(c2cc(C(=N)c3cccc(OC4(C)CC4)c3)ncn2)CC1=O. The van der Waals surface area contributed by atoms with E-state index in [4.69, 9.17) is 10.1 Å². The molecule has 2 heterocycles. The molecule has 0 radical (unpaired) electrons. The number of carbonyl (C=O) groups is 1. The second-order valence-electron chi connectivity index (χ2n) is 7.45. The molecule has 0 bridgehead atoms. The van der Waals surface area contributed by atoms with Crippen molar-refractivity contribution in [2.24, 2.45) is 0 Å². The van der Waals surface area contributed by atoms with Gasteiger partial charge in [-0.15, -0.1) is 0 Å². The van der Waals surface area contributed by atoms with Gasteiger partial charge in [0.2, 0.25) is 5.91 Å². The molecule has 1 aromatic heterocycles. The molecule has 2 fully saturated rings. The van der Waals surface area contributed by atoms with Crippen molar-refractivity contribution < 1.29 is 9.53 Å². The fraction of sp³-hybridized carbons (Fsp3) is 0.400. The minimum Gasteiger partial charge on any atom is -0.488 e. The number of ether oxygens (including phenoxy) is 1. The normalized spacial score (nSPS) is 18.4. The van der Waals surface area contributed by atoms with Crippen LogP contribution in [0.15, 0.2) is 36.7 Å². The highest BCUT2D eigenvalue weighted by Crippen LogP contribution is 2.39. The van der Waals surface area contributed by atoms with Crippen LogP contribution in [0.4, 0.5) is 5.82 Å². The highest BCUT2D eigenvalue weighted by Gasteiger charge is 2.40. The first-order chi connectivity index (χ1) is 12.9. The topological polar surface area (TPSA) is 82.4 Å². The maximum atomic E-state index is 12.0. The average molecular weight is 365 g/mol. The molecule has 7 heteroatoms. The summed E-state index contributed by atoms with van der Waals surface area (Å²) in [6.07, 6.45) is 3.58. The number of nitrogens with one attached hydrogen (secondary N) is 1. The summed E-state index contributed by atoms with van der Waals surface area (Å²) in [5, 5.41) is 8.56. The van der Waals surface area contributed by atoms with Crippen LogP contribution in [0, 0.1) is 5.41 Å². The second kappa shape index (κ2) is 6.64. The molecule has 1 saturated carbocycles. The first-order valence-corrected chi connectivity index (χ1v) is 9.13. The van der Waals surface area contributed by atoms with Crippen LogP contribution in [0.2, 0.25) is 0 Å². The van der Waals surface area contributed by atoms with E-state index in [1.165, 1.54) is 6.33 Å². The lowest BCUT2D eigenvalue weighted by Gasteiger charge is -2.32. The van der Waals surface area contributed by atoms with Gasteiger partial charge >= 0.3 is 0 Å². The molecular weight excluding hydrogens is 342 g/mol. The summed E-state index contributed by atoms with van der Waals surface area (Å²) in [5.74, 6) is 1.51. The van der Waals surface area contributed by atoms with Crippen molar-refractivity contribution >= 4 is 17.4 Å². The Morgan fingerprint density at radius 1 is 1.22 bits per heavy atom. The number of aromatic nitrogens is 2. The van der Waals surface area contributed by atoms with E-state index in [1.54, 1.807) is 18.0 Å². The molecule has 1 N–H and O–H groups in total. The summed E-state index contributed by atoms with van der Waals surface area (Å²) in [6.45, 7) is 3.77. The van der Waals surface area contributed by atoms with Gasteiger partial charge in [0, 0.05) is 31.8 Å². The lowest BCUT2D eigenvalue weighted by Crippen LogP contribution is -2.48. The van der Waals surface area contributed by atoms with E-state index in [-0.39, 0.29) is 11.5 Å². The summed E-state index contributed by atoms with van der Waals surface area (Å²) in [7, 11) is 1.80. The van der Waals surface area contributed by atoms with Crippen LogP contribution in [0.1, 0.15) is 31.0 Å². The van der Waals surface area contributed by atoms with Crippen molar-refractivity contribution in [3.63, 3.8) is 0 Å². The molecule has 1 amide bonds. The molecule has 7 nitrogen and oxygen atoms in total. The van der Waals surface area contributed by atoms with Crippen molar-refractivity contribution in [2.75, 3.05) is 31.6 Å². The second-order valence-corrected chi connectivity index (χ2v) is 7.45. The van der Waals surface area contributed by atoms with E-state index in [9.17, 15) is 4.79 Å². The highest BCUT2D eigenvalue weighted by molar-refractivity contribution is 6.10. The maximum Gasteiger partial charge on any atom is 0.241 e. The Kier molecular flexibility index (Phi) is 4.30. The van der Waals surface area contributed by atoms with E-state index in [1.807, 2.05) is 29.2 Å². The molecule has 1 saturated heterocycles. The highest BCUT2D eigenvalue weighted by atomic mass is 16.5. The number of likely N-dealkylation sites (N-methyl/N-ethyl adjacent to an activating group) is 1. The zero-order valence-electron chi connectivity index (χ0n) is 15.6. The number of nitrogens with zero attached hydrogens (tertiary/aromatic N) is 4. The molecule has 0 spiro atoms. The van der Waals surface area contributed by atoms with Gasteiger partial charge in [-0.1, -0.05) is 12.1 Å². The number of hydrogen-bond acceptors (Lipinski definition) is 6. The first kappa shape index (κ1) is 17.5. The summed E-state index contributed by atoms with van der Waals surface area (Å²) in [5.41, 5.74) is 1.53. The maximum absolute atomic E-state index is 12.0. The molecule has 0 atom stereocenters. The molecule has 1 aromatic carbocycles. The van der Waals surface area contributed by atoms with Crippen molar-refractivity contribution in [2.45, 2.75) is 25.4 Å². The average Bonchev–Trinajstić information content (AvgIpc) is 3.40. The van der Waals surface area contributed by atoms with Crippen molar-refractivity contribution in [1.82, 2.24) is 14.9 Å². The van der Waals surface area contributed by atoms with Gasteiger partial charge in [-0.05, 0) is 31.9 Å². The van der Waals surface area contributed by atoms with Crippen LogP contribution in [0.25, 0.3) is 0 Å². The van der Waals surface area contributed by atoms with Gasteiger partial charge < -0.3 is 14.5 Å². The van der Waals surface area contributed by atoms with E-state index < -0.39 is 0 Å². The zero-order chi connectivity index (χ0) is 19.0. The number of rotatable bonds is 5. The third kappa shape index (κ3) is 3.77. The van der Waals surface area contributed by atoms with Crippen LogP contribution in [-0.2, 0) is 4.79 Å². The molecule has 140 valence electrons. The number of piperazine rings is 1. The van der Waals surface area contributed by atoms with Crippen LogP contribution < -0.4 is 9.64 Å². The number of hydrogen-bond donors (Lipinski definition) is 1. The summed E-state index contributed by atoms with van der Waals surface area (Å²) >= 11 is 0. The Morgan fingerprint density at radius 3 is 2.78 bits per heavy atom. The monoisotopic (exact) mass is 365 g/mol. The van der Waals surface area contributed by atoms with E-state index >= 15 is 0 Å². The number of carbonyl (C=O) groups excluding carboxylic acids is 1. The summed E-state index contributed by atoms with van der Waals surface area (Å²) in [6, 6.07) is 9.35. The van der Waals surface area contributed by atoms with E-state index in [0.717, 1.165) is 24.2 Å². The fourth-order valence-corrected chi connectivity index (χ4v) is 3.04. The van der Waals surface area contributed by atoms with Crippen LogP contribution in [-0.4, -0.2) is 58.8 Å². The van der Waals surface area contributed by atoms with Crippen molar-refractivity contribution in [3.8, 4) is 5.75 Å². The fourth-order valence-electron chi connectivity index (χ4n) is 3.04. The molecule has 2 aromatic rings. The van der Waals surface area contributed by atoms with Crippen LogP contribution >= 0.6 is 0 Å². The van der Waals surface area contributed by atoms with Gasteiger partial charge in [0.25, 0.3) is 0 Å². The Balaban J connectivity index is 1.54. The van der Waals surface area contributed by atoms with Crippen LogP contribution in [0.3, 0.4) is 0 Å². The minimum atomic E-state index is -0.0587. The summed E-state index contributed by atoms with van der Waals surface area (Å²) < 4.78 is 6.00. The molecule has 4 rings (SSSR count). The summed E-state index contributed by atoms with van der Waals surface area (Å²) in [4.78, 5) is 24.2. The molecule has 27 heavy (non-hydrogen) atoms. The lowest BCUT2D eigenvalue weighted by atomic mass is 10.1. The smallest absolute Gasteiger partial charge is 0.241 e. The Labute approximate surface area is 158 Å². The zero-order valence-corrected chi connectivity index (χ0v) is 15.6. The van der Waals surface area contributed by atoms with Gasteiger partial charge in [0.05, 0.1) is 18.0 Å². The number of benzene rings is 1. The number of amides is 1. The lowest BCUT2D eigenvalue weighted by molar-refractivity contribution is -0.129. The Morgan fingerprint density at radius 2 is 2.04 bits per heavy atom. The minimum absolute atomic E-state index is 0.0587. The molecule has 2 aliphatic rings. The van der Waals surface area contributed by atoms with Crippen LogP contribution in [0.5, 0.6) is 5.75 Å². The van der Waals surface area contributed by atoms with Gasteiger partial charge in [-0.2, -0.15) is 0 Å². The van der Waals surface area contributed by atoms with Crippen molar-refractivity contribution in [1.29, 1.82) is 5.41 Å². The third-order valence-corrected chi connectivity index (χ3v) is 5.13. The molecule has 1 aliphatic heterocycles. The van der Waals surface area contributed by atoms with Gasteiger partial charge in [0.1, 0.15) is 23.5 Å². The van der Waals surface area contributed by atoms with E-state index in [2.05, 4.69) is 16.9 Å². The first-order valence-electron chi connectivity index (χ1n) is 9.13. The molecule has 0 unspecified atom stereocenters. The van der Waals surface area contributed by atoms with Gasteiger partial charge in [-0.3, -0.25) is 10.2 Å². The Bertz CT molecular complexity index is 893. The van der Waals surface area contributed by atoms with Crippen molar-refractivity contribution in [3.05, 3.63) is 47.9 Å². The predicted octanol–water partition coefficient (Wildman–Crippen LogP) is 2.10. The quantitative estimate of drug-likeness (QED) is 0.821.